The number of benzene rings is 1. The van der Waals surface area contributed by atoms with E-state index >= 15 is 0 Å². The van der Waals surface area contributed by atoms with Gasteiger partial charge in [0.05, 0.1) is 6.54 Å². The number of carbonyl (C=O) groups is 1. The SMILES string of the molecule is O=C(C1CC=CCC1)N1CCOc2cccc(F)c21. The van der Waals surface area contributed by atoms with E-state index in [0.717, 1.165) is 19.3 Å². The maximum atomic E-state index is 14.0. The molecule has 1 atom stereocenters. The summed E-state index contributed by atoms with van der Waals surface area (Å²) < 4.78 is 19.4. The first-order valence-electron chi connectivity index (χ1n) is 6.65. The Hall–Kier alpha value is -1.84. The topological polar surface area (TPSA) is 29.5 Å². The molecule has 1 amide bonds. The van der Waals surface area contributed by atoms with Gasteiger partial charge in [0.15, 0.2) is 5.82 Å². The fourth-order valence-corrected chi connectivity index (χ4v) is 2.69. The first kappa shape index (κ1) is 12.2. The number of allylic oxidation sites excluding steroid dienone is 2. The number of amides is 1. The molecule has 0 radical (unpaired) electrons. The number of ether oxygens (including phenoxy) is 1. The van der Waals surface area contributed by atoms with Crippen molar-refractivity contribution in [3.63, 3.8) is 0 Å². The minimum absolute atomic E-state index is 0.0130. The Morgan fingerprint density at radius 2 is 2.26 bits per heavy atom. The number of carbonyl (C=O) groups excluding carboxylic acids is 1. The number of para-hydroxylation sites is 1. The summed E-state index contributed by atoms with van der Waals surface area (Å²) in [5, 5.41) is 0. The van der Waals surface area contributed by atoms with Crippen molar-refractivity contribution in [3.05, 3.63) is 36.2 Å². The van der Waals surface area contributed by atoms with Gasteiger partial charge in [-0.15, -0.1) is 0 Å². The first-order valence-corrected chi connectivity index (χ1v) is 6.65. The third kappa shape index (κ3) is 2.23. The minimum Gasteiger partial charge on any atom is -0.489 e. The Morgan fingerprint density at radius 1 is 1.37 bits per heavy atom. The van der Waals surface area contributed by atoms with Gasteiger partial charge >= 0.3 is 0 Å². The number of anilines is 1. The molecule has 1 heterocycles. The summed E-state index contributed by atoms with van der Waals surface area (Å²) in [7, 11) is 0. The fraction of sp³-hybridized carbons (Fsp3) is 0.400. The van der Waals surface area contributed by atoms with Crippen molar-refractivity contribution in [3.8, 4) is 5.75 Å². The first-order chi connectivity index (χ1) is 9.27. The lowest BCUT2D eigenvalue weighted by molar-refractivity contribution is -0.122. The Morgan fingerprint density at radius 3 is 3.05 bits per heavy atom. The van der Waals surface area contributed by atoms with E-state index in [1.165, 1.54) is 6.07 Å². The molecule has 0 saturated heterocycles. The van der Waals surface area contributed by atoms with Crippen molar-refractivity contribution >= 4 is 11.6 Å². The van der Waals surface area contributed by atoms with Gasteiger partial charge in [0.2, 0.25) is 5.91 Å². The third-order valence-electron chi connectivity index (χ3n) is 3.68. The van der Waals surface area contributed by atoms with Gasteiger partial charge in [0, 0.05) is 5.92 Å². The molecule has 1 aromatic rings. The van der Waals surface area contributed by atoms with Crippen molar-refractivity contribution < 1.29 is 13.9 Å². The molecule has 0 spiro atoms. The highest BCUT2D eigenvalue weighted by Gasteiger charge is 2.31. The number of nitrogens with zero attached hydrogens (tertiary/aromatic N) is 1. The quantitative estimate of drug-likeness (QED) is 0.727. The van der Waals surface area contributed by atoms with Crippen LogP contribution in [0.2, 0.25) is 0 Å². The summed E-state index contributed by atoms with van der Waals surface area (Å²) in [4.78, 5) is 14.1. The smallest absolute Gasteiger partial charge is 0.230 e. The average Bonchev–Trinajstić information content (AvgIpc) is 2.47. The molecule has 0 bridgehead atoms. The van der Waals surface area contributed by atoms with E-state index in [0.29, 0.717) is 24.6 Å². The largest absolute Gasteiger partial charge is 0.489 e. The van der Waals surface area contributed by atoms with Crippen LogP contribution in [0.25, 0.3) is 0 Å². The molecule has 1 unspecified atom stereocenters. The fourth-order valence-electron chi connectivity index (χ4n) is 2.69. The van der Waals surface area contributed by atoms with Crippen LogP contribution >= 0.6 is 0 Å². The molecular weight excluding hydrogens is 245 g/mol. The minimum atomic E-state index is -0.392. The van der Waals surface area contributed by atoms with Crippen LogP contribution in [0.1, 0.15) is 19.3 Å². The molecule has 100 valence electrons. The van der Waals surface area contributed by atoms with Crippen molar-refractivity contribution in [2.24, 2.45) is 5.92 Å². The standard InChI is InChI=1S/C15H16FNO2/c16-12-7-4-8-13-14(12)17(9-10-19-13)15(18)11-5-2-1-3-6-11/h1-2,4,7-8,11H,3,5-6,9-10H2. The summed E-state index contributed by atoms with van der Waals surface area (Å²) >= 11 is 0. The van der Waals surface area contributed by atoms with Gasteiger partial charge in [-0.3, -0.25) is 4.79 Å². The molecule has 4 heteroatoms. The molecule has 1 aromatic carbocycles. The second-order valence-electron chi connectivity index (χ2n) is 4.91. The molecule has 2 aliphatic rings. The summed E-state index contributed by atoms with van der Waals surface area (Å²) in [5.41, 5.74) is 0.299. The molecule has 1 aliphatic heterocycles. The molecule has 0 aromatic heterocycles. The van der Waals surface area contributed by atoms with Gasteiger partial charge in [-0.2, -0.15) is 0 Å². The highest BCUT2D eigenvalue weighted by molar-refractivity contribution is 5.97. The molecule has 0 saturated carbocycles. The van der Waals surface area contributed by atoms with Crippen molar-refractivity contribution in [2.45, 2.75) is 19.3 Å². The van der Waals surface area contributed by atoms with Crippen molar-refractivity contribution in [1.82, 2.24) is 0 Å². The number of hydrogen-bond donors (Lipinski definition) is 0. The highest BCUT2D eigenvalue weighted by atomic mass is 19.1. The van der Waals surface area contributed by atoms with E-state index in [9.17, 15) is 9.18 Å². The van der Waals surface area contributed by atoms with E-state index in [4.69, 9.17) is 4.74 Å². The van der Waals surface area contributed by atoms with Crippen molar-refractivity contribution in [2.75, 3.05) is 18.1 Å². The summed E-state index contributed by atoms with van der Waals surface area (Å²) in [5.74, 6) is 0.0532. The van der Waals surface area contributed by atoms with Gasteiger partial charge in [0.1, 0.15) is 18.0 Å². The lowest BCUT2D eigenvalue weighted by Crippen LogP contribution is -2.42. The Kier molecular flexibility index (Phi) is 3.23. The van der Waals surface area contributed by atoms with Crippen LogP contribution in [0.3, 0.4) is 0 Å². The van der Waals surface area contributed by atoms with Crippen LogP contribution in [-0.2, 0) is 4.79 Å². The lowest BCUT2D eigenvalue weighted by Gasteiger charge is -2.32. The Balaban J connectivity index is 1.90. The predicted octanol–water partition coefficient (Wildman–Crippen LogP) is 2.91. The summed E-state index contributed by atoms with van der Waals surface area (Å²) in [6, 6.07) is 4.68. The predicted molar refractivity (Wildman–Crippen MR) is 70.7 cm³/mol. The zero-order valence-corrected chi connectivity index (χ0v) is 10.6. The molecule has 3 rings (SSSR count). The normalized spacial score (nSPS) is 21.7. The number of fused-ring (bicyclic) bond motifs is 1. The Bertz CT molecular complexity index is 527. The Labute approximate surface area is 111 Å². The maximum Gasteiger partial charge on any atom is 0.230 e. The van der Waals surface area contributed by atoms with E-state index < -0.39 is 5.82 Å². The second-order valence-corrected chi connectivity index (χ2v) is 4.91. The number of rotatable bonds is 1. The maximum absolute atomic E-state index is 14.0. The van der Waals surface area contributed by atoms with Gasteiger partial charge < -0.3 is 9.64 Å². The zero-order chi connectivity index (χ0) is 13.2. The van der Waals surface area contributed by atoms with E-state index in [2.05, 4.69) is 6.08 Å². The van der Waals surface area contributed by atoms with Crippen LogP contribution in [0.5, 0.6) is 5.75 Å². The van der Waals surface area contributed by atoms with Crippen LogP contribution in [0.15, 0.2) is 30.4 Å². The van der Waals surface area contributed by atoms with Crippen LogP contribution in [0, 0.1) is 11.7 Å². The summed E-state index contributed by atoms with van der Waals surface area (Å²) in [6.07, 6.45) is 6.65. The average molecular weight is 261 g/mol. The van der Waals surface area contributed by atoms with Crippen molar-refractivity contribution in [1.29, 1.82) is 0 Å². The number of hydrogen-bond acceptors (Lipinski definition) is 2. The van der Waals surface area contributed by atoms with Gasteiger partial charge in [0.25, 0.3) is 0 Å². The van der Waals surface area contributed by atoms with Crippen LogP contribution in [0.4, 0.5) is 10.1 Å². The molecule has 19 heavy (non-hydrogen) atoms. The third-order valence-corrected chi connectivity index (χ3v) is 3.68. The van der Waals surface area contributed by atoms with Crippen LogP contribution in [-0.4, -0.2) is 19.1 Å². The van der Waals surface area contributed by atoms with Gasteiger partial charge in [-0.1, -0.05) is 18.2 Å². The molecule has 0 N–H and O–H groups in total. The van der Waals surface area contributed by atoms with Gasteiger partial charge in [-0.05, 0) is 31.4 Å². The zero-order valence-electron chi connectivity index (χ0n) is 10.6. The van der Waals surface area contributed by atoms with E-state index in [1.807, 2.05) is 6.08 Å². The number of halogens is 1. The van der Waals surface area contributed by atoms with Crippen LogP contribution < -0.4 is 9.64 Å². The molecular formula is C15H16FNO2. The highest BCUT2D eigenvalue weighted by Crippen LogP contribution is 2.35. The van der Waals surface area contributed by atoms with E-state index in [-0.39, 0.29) is 11.8 Å². The van der Waals surface area contributed by atoms with E-state index in [1.54, 1.807) is 17.0 Å². The summed E-state index contributed by atoms with van der Waals surface area (Å²) in [6.45, 7) is 0.845. The molecule has 0 fully saturated rings. The second kappa shape index (κ2) is 5.03. The molecule has 3 nitrogen and oxygen atoms in total. The van der Waals surface area contributed by atoms with Gasteiger partial charge in [-0.25, -0.2) is 4.39 Å². The monoisotopic (exact) mass is 261 g/mol. The lowest BCUT2D eigenvalue weighted by atomic mass is 9.92. The molecule has 1 aliphatic carbocycles.